The van der Waals surface area contributed by atoms with Gasteiger partial charge < -0.3 is 5.32 Å². The maximum absolute atomic E-state index is 4.44. The standard InChI is InChI=1S/C18H25N3/c1-15(9-8-13-19-18(2,3)4)17-12-14-20-21(17)16-10-6-5-7-11-16/h5-7,9-12,14,19H,8,13H2,1-4H3/b15-9-. The molecule has 1 heterocycles. The molecule has 21 heavy (non-hydrogen) atoms. The van der Waals surface area contributed by atoms with Crippen LogP contribution in [0.4, 0.5) is 0 Å². The molecule has 0 aliphatic rings. The molecule has 0 atom stereocenters. The first-order chi connectivity index (χ1) is 9.97. The second-order valence-electron chi connectivity index (χ2n) is 6.32. The number of nitrogens with one attached hydrogen (secondary N) is 1. The average molecular weight is 283 g/mol. The molecule has 0 spiro atoms. The van der Waals surface area contributed by atoms with E-state index in [0.29, 0.717) is 0 Å². The van der Waals surface area contributed by atoms with Crippen molar-refractivity contribution in [3.8, 4) is 5.69 Å². The molecular weight excluding hydrogens is 258 g/mol. The molecule has 0 unspecified atom stereocenters. The van der Waals surface area contributed by atoms with E-state index in [1.807, 2.05) is 29.1 Å². The number of aromatic nitrogens is 2. The minimum atomic E-state index is 0.174. The molecule has 0 radical (unpaired) electrons. The van der Waals surface area contributed by atoms with E-state index in [9.17, 15) is 0 Å². The molecule has 0 saturated carbocycles. The highest BCUT2D eigenvalue weighted by molar-refractivity contribution is 5.62. The molecule has 1 aromatic carbocycles. The Morgan fingerprint density at radius 3 is 2.57 bits per heavy atom. The topological polar surface area (TPSA) is 29.9 Å². The second kappa shape index (κ2) is 6.72. The van der Waals surface area contributed by atoms with E-state index in [0.717, 1.165) is 24.3 Å². The fraction of sp³-hybridized carbons (Fsp3) is 0.389. The lowest BCUT2D eigenvalue weighted by molar-refractivity contribution is 0.431. The van der Waals surface area contributed by atoms with Crippen LogP contribution in [0.5, 0.6) is 0 Å². The predicted octanol–water partition coefficient (Wildman–Crippen LogP) is 4.05. The van der Waals surface area contributed by atoms with Gasteiger partial charge in [0.25, 0.3) is 0 Å². The van der Waals surface area contributed by atoms with Crippen LogP contribution >= 0.6 is 0 Å². The van der Waals surface area contributed by atoms with E-state index in [1.54, 1.807) is 0 Å². The van der Waals surface area contributed by atoms with Crippen LogP contribution in [0.3, 0.4) is 0 Å². The third-order valence-corrected chi connectivity index (χ3v) is 3.30. The molecular formula is C18H25N3. The zero-order valence-electron chi connectivity index (χ0n) is 13.4. The van der Waals surface area contributed by atoms with Crippen molar-refractivity contribution in [3.63, 3.8) is 0 Å². The maximum Gasteiger partial charge on any atom is 0.0694 e. The predicted molar refractivity (Wildman–Crippen MR) is 89.6 cm³/mol. The smallest absolute Gasteiger partial charge is 0.0694 e. The largest absolute Gasteiger partial charge is 0.312 e. The van der Waals surface area contributed by atoms with Gasteiger partial charge in [-0.3, -0.25) is 0 Å². The molecule has 1 N–H and O–H groups in total. The van der Waals surface area contributed by atoms with Gasteiger partial charge in [0.05, 0.1) is 17.6 Å². The molecule has 3 nitrogen and oxygen atoms in total. The number of allylic oxidation sites excluding steroid dienone is 1. The zero-order valence-corrected chi connectivity index (χ0v) is 13.4. The number of nitrogens with zero attached hydrogens (tertiary/aromatic N) is 2. The summed E-state index contributed by atoms with van der Waals surface area (Å²) in [6, 6.07) is 12.3. The minimum Gasteiger partial charge on any atom is -0.312 e. The molecule has 112 valence electrons. The van der Waals surface area contributed by atoms with Crippen molar-refractivity contribution < 1.29 is 0 Å². The average Bonchev–Trinajstić information content (AvgIpc) is 2.93. The molecule has 0 bridgehead atoms. The van der Waals surface area contributed by atoms with Crippen LogP contribution < -0.4 is 5.32 Å². The van der Waals surface area contributed by atoms with Crippen molar-refractivity contribution in [1.29, 1.82) is 0 Å². The van der Waals surface area contributed by atoms with Crippen molar-refractivity contribution in [3.05, 3.63) is 54.4 Å². The highest BCUT2D eigenvalue weighted by Gasteiger charge is 2.08. The summed E-state index contributed by atoms with van der Waals surface area (Å²) >= 11 is 0. The van der Waals surface area contributed by atoms with Crippen LogP contribution in [0.1, 0.15) is 39.8 Å². The van der Waals surface area contributed by atoms with Crippen LogP contribution in [-0.2, 0) is 0 Å². The molecule has 2 rings (SSSR count). The van der Waals surface area contributed by atoms with Crippen molar-refractivity contribution in [2.75, 3.05) is 6.54 Å². The Balaban J connectivity index is 2.07. The van der Waals surface area contributed by atoms with Gasteiger partial charge in [0.15, 0.2) is 0 Å². The van der Waals surface area contributed by atoms with Crippen molar-refractivity contribution in [2.24, 2.45) is 0 Å². The number of hydrogen-bond donors (Lipinski definition) is 1. The van der Waals surface area contributed by atoms with Crippen LogP contribution in [0.15, 0.2) is 48.7 Å². The van der Waals surface area contributed by atoms with Gasteiger partial charge in [0.1, 0.15) is 0 Å². The van der Waals surface area contributed by atoms with E-state index < -0.39 is 0 Å². The van der Waals surface area contributed by atoms with E-state index >= 15 is 0 Å². The van der Waals surface area contributed by atoms with Gasteiger partial charge >= 0.3 is 0 Å². The first kappa shape index (κ1) is 15.5. The molecule has 0 saturated heterocycles. The lowest BCUT2D eigenvalue weighted by Crippen LogP contribution is -2.36. The summed E-state index contributed by atoms with van der Waals surface area (Å²) in [5, 5.41) is 7.94. The van der Waals surface area contributed by atoms with Crippen molar-refractivity contribution in [2.45, 2.75) is 39.7 Å². The van der Waals surface area contributed by atoms with Crippen LogP contribution in [0.25, 0.3) is 11.3 Å². The number of para-hydroxylation sites is 1. The number of hydrogen-bond acceptors (Lipinski definition) is 2. The van der Waals surface area contributed by atoms with E-state index in [1.165, 1.54) is 5.57 Å². The van der Waals surface area contributed by atoms with E-state index in [2.05, 4.69) is 62.4 Å². The third-order valence-electron chi connectivity index (χ3n) is 3.30. The van der Waals surface area contributed by atoms with Gasteiger partial charge in [-0.05, 0) is 64.4 Å². The van der Waals surface area contributed by atoms with Gasteiger partial charge in [-0.1, -0.05) is 24.3 Å². The van der Waals surface area contributed by atoms with Crippen LogP contribution in [0.2, 0.25) is 0 Å². The SMILES string of the molecule is C/C(=C/CCNC(C)(C)C)c1ccnn1-c1ccccc1. The highest BCUT2D eigenvalue weighted by Crippen LogP contribution is 2.18. The summed E-state index contributed by atoms with van der Waals surface area (Å²) in [6.07, 6.45) is 5.14. The van der Waals surface area contributed by atoms with Gasteiger partial charge in [-0.2, -0.15) is 5.10 Å². The van der Waals surface area contributed by atoms with Gasteiger partial charge in [-0.25, -0.2) is 4.68 Å². The Bertz CT molecular complexity index is 588. The molecule has 0 amide bonds. The molecule has 0 aliphatic carbocycles. The Labute approximate surface area is 127 Å². The first-order valence-electron chi connectivity index (χ1n) is 7.49. The molecule has 0 fully saturated rings. The van der Waals surface area contributed by atoms with Crippen LogP contribution in [-0.4, -0.2) is 21.9 Å². The Morgan fingerprint density at radius 2 is 1.90 bits per heavy atom. The third kappa shape index (κ3) is 4.57. The molecule has 1 aromatic heterocycles. The normalized spacial score (nSPS) is 12.7. The van der Waals surface area contributed by atoms with Crippen molar-refractivity contribution >= 4 is 5.57 Å². The maximum atomic E-state index is 4.44. The summed E-state index contributed by atoms with van der Waals surface area (Å²) in [5.74, 6) is 0. The summed E-state index contributed by atoms with van der Waals surface area (Å²) in [5.41, 5.74) is 3.68. The Hall–Kier alpha value is -1.87. The lowest BCUT2D eigenvalue weighted by atomic mass is 10.1. The molecule has 3 heteroatoms. The van der Waals surface area contributed by atoms with E-state index in [4.69, 9.17) is 0 Å². The molecule has 2 aromatic rings. The Morgan fingerprint density at radius 1 is 1.19 bits per heavy atom. The lowest BCUT2D eigenvalue weighted by Gasteiger charge is -2.19. The second-order valence-corrected chi connectivity index (χ2v) is 6.32. The summed E-state index contributed by atoms with van der Waals surface area (Å²) in [7, 11) is 0. The minimum absolute atomic E-state index is 0.174. The highest BCUT2D eigenvalue weighted by atomic mass is 15.3. The molecule has 0 aliphatic heterocycles. The van der Waals surface area contributed by atoms with Gasteiger partial charge in [0.2, 0.25) is 0 Å². The Kier molecular flexibility index (Phi) is 4.97. The first-order valence-corrected chi connectivity index (χ1v) is 7.49. The fourth-order valence-corrected chi connectivity index (χ4v) is 2.22. The summed E-state index contributed by atoms with van der Waals surface area (Å²) in [6.45, 7) is 9.70. The van der Waals surface area contributed by atoms with Gasteiger partial charge in [-0.15, -0.1) is 0 Å². The summed E-state index contributed by atoms with van der Waals surface area (Å²) in [4.78, 5) is 0. The van der Waals surface area contributed by atoms with Gasteiger partial charge in [0, 0.05) is 5.54 Å². The number of rotatable bonds is 5. The van der Waals surface area contributed by atoms with E-state index in [-0.39, 0.29) is 5.54 Å². The van der Waals surface area contributed by atoms with Crippen molar-refractivity contribution in [1.82, 2.24) is 15.1 Å². The monoisotopic (exact) mass is 283 g/mol. The zero-order chi connectivity index (χ0) is 15.3. The van der Waals surface area contributed by atoms with Crippen LogP contribution in [0, 0.1) is 0 Å². The summed E-state index contributed by atoms with van der Waals surface area (Å²) < 4.78 is 1.99. The quantitative estimate of drug-likeness (QED) is 0.839. The number of benzene rings is 1. The fourth-order valence-electron chi connectivity index (χ4n) is 2.22.